The van der Waals surface area contributed by atoms with Gasteiger partial charge in [0.25, 0.3) is 0 Å². The van der Waals surface area contributed by atoms with E-state index in [9.17, 15) is 18.0 Å². The number of rotatable bonds is 10. The summed E-state index contributed by atoms with van der Waals surface area (Å²) in [5, 5.41) is 2.71. The van der Waals surface area contributed by atoms with Gasteiger partial charge in [-0.2, -0.15) is 4.72 Å². The number of hydrogen-bond acceptors (Lipinski definition) is 6. The highest BCUT2D eigenvalue weighted by Crippen LogP contribution is 2.18. The van der Waals surface area contributed by atoms with Crippen LogP contribution in [0.3, 0.4) is 0 Å². The van der Waals surface area contributed by atoms with Crippen LogP contribution in [0, 0.1) is 0 Å². The fourth-order valence-electron chi connectivity index (χ4n) is 3.21. The van der Waals surface area contributed by atoms with E-state index in [1.807, 2.05) is 37.3 Å². The topological polar surface area (TPSA) is 111 Å². The fourth-order valence-corrected chi connectivity index (χ4v) is 4.41. The molecule has 0 aromatic heterocycles. The molecule has 0 radical (unpaired) electrons. The predicted molar refractivity (Wildman–Crippen MR) is 128 cm³/mol. The quantitative estimate of drug-likeness (QED) is 0.429. The third kappa shape index (κ3) is 6.66. The summed E-state index contributed by atoms with van der Waals surface area (Å²) in [6.45, 7) is 2.30. The molecule has 3 rings (SSSR count). The molecular formula is C25H26N2O6S. The normalized spacial score (nSPS) is 11.9. The Morgan fingerprint density at radius 3 is 2.15 bits per heavy atom. The Morgan fingerprint density at radius 1 is 0.912 bits per heavy atom. The molecule has 1 atom stereocenters. The number of carbonyl (C=O) groups is 2. The molecule has 0 aliphatic heterocycles. The molecule has 0 saturated carbocycles. The lowest BCUT2D eigenvalue weighted by molar-refractivity contribution is -0.117. The lowest BCUT2D eigenvalue weighted by atomic mass is 10.1. The number of carbonyl (C=O) groups excluding carboxylic acids is 2. The first-order valence-electron chi connectivity index (χ1n) is 10.6. The summed E-state index contributed by atoms with van der Waals surface area (Å²) >= 11 is 0. The zero-order valence-corrected chi connectivity index (χ0v) is 19.7. The van der Waals surface area contributed by atoms with Crippen LogP contribution in [0.5, 0.6) is 5.75 Å². The highest BCUT2D eigenvalue weighted by Gasteiger charge is 2.26. The summed E-state index contributed by atoms with van der Waals surface area (Å²) in [7, 11) is -2.72. The van der Waals surface area contributed by atoms with E-state index in [4.69, 9.17) is 4.74 Å². The molecule has 0 aliphatic carbocycles. The molecule has 0 fully saturated rings. The third-order valence-corrected chi connectivity index (χ3v) is 6.40. The van der Waals surface area contributed by atoms with Crippen LogP contribution >= 0.6 is 0 Å². The molecule has 3 aromatic rings. The number of hydrogen-bond donors (Lipinski definition) is 2. The molecule has 0 spiro atoms. The van der Waals surface area contributed by atoms with Crippen LogP contribution in [0.15, 0.2) is 83.8 Å². The molecule has 0 heterocycles. The van der Waals surface area contributed by atoms with E-state index < -0.39 is 27.9 Å². The smallest absolute Gasteiger partial charge is 0.337 e. The van der Waals surface area contributed by atoms with Gasteiger partial charge in [-0.05, 0) is 67.4 Å². The molecule has 0 saturated heterocycles. The Morgan fingerprint density at radius 2 is 1.56 bits per heavy atom. The molecule has 34 heavy (non-hydrogen) atoms. The lowest BCUT2D eigenvalue weighted by Crippen LogP contribution is -2.45. The fraction of sp³-hybridized carbons (Fsp3) is 0.200. The van der Waals surface area contributed by atoms with Crippen molar-refractivity contribution in [3.63, 3.8) is 0 Å². The largest absolute Gasteiger partial charge is 0.494 e. The van der Waals surface area contributed by atoms with Crippen molar-refractivity contribution < 1.29 is 27.5 Å². The van der Waals surface area contributed by atoms with E-state index in [1.165, 1.54) is 31.4 Å². The third-order valence-electron chi connectivity index (χ3n) is 4.92. The highest BCUT2D eigenvalue weighted by molar-refractivity contribution is 7.89. The molecule has 8 nitrogen and oxygen atoms in total. The maximum Gasteiger partial charge on any atom is 0.337 e. The second-order valence-corrected chi connectivity index (χ2v) is 9.04. The first-order chi connectivity index (χ1) is 16.3. The van der Waals surface area contributed by atoms with Gasteiger partial charge in [-0.15, -0.1) is 0 Å². The maximum atomic E-state index is 13.1. The van der Waals surface area contributed by atoms with Gasteiger partial charge in [0.2, 0.25) is 15.9 Å². The summed E-state index contributed by atoms with van der Waals surface area (Å²) < 4.78 is 38.6. The van der Waals surface area contributed by atoms with Crippen molar-refractivity contribution in [3.8, 4) is 5.75 Å². The van der Waals surface area contributed by atoms with Crippen molar-refractivity contribution >= 4 is 27.6 Å². The van der Waals surface area contributed by atoms with Crippen LogP contribution in [-0.2, 0) is 26.0 Å². The molecule has 3 aromatic carbocycles. The molecule has 2 N–H and O–H groups in total. The second kappa shape index (κ2) is 11.4. The summed E-state index contributed by atoms with van der Waals surface area (Å²) in [4.78, 5) is 24.7. The van der Waals surface area contributed by atoms with Crippen molar-refractivity contribution in [2.75, 3.05) is 19.0 Å². The van der Waals surface area contributed by atoms with Crippen LogP contribution in [0.25, 0.3) is 0 Å². The van der Waals surface area contributed by atoms with Gasteiger partial charge < -0.3 is 14.8 Å². The van der Waals surface area contributed by atoms with Crippen molar-refractivity contribution in [1.82, 2.24) is 4.72 Å². The SMILES string of the molecule is CCOc1ccc(S(=O)(=O)NC(Cc2ccccc2)C(=O)Nc2ccc(C(=O)OC)cc2)cc1. The van der Waals surface area contributed by atoms with E-state index in [2.05, 4.69) is 14.8 Å². The van der Waals surface area contributed by atoms with Gasteiger partial charge in [-0.3, -0.25) is 4.79 Å². The Labute approximate surface area is 199 Å². The Kier molecular flexibility index (Phi) is 8.39. The summed E-state index contributed by atoms with van der Waals surface area (Å²) in [5.41, 5.74) is 1.53. The van der Waals surface area contributed by atoms with Gasteiger partial charge in [0.15, 0.2) is 0 Å². The number of methoxy groups -OCH3 is 1. The van der Waals surface area contributed by atoms with E-state index >= 15 is 0 Å². The minimum absolute atomic E-state index is 0.0178. The number of esters is 1. The number of sulfonamides is 1. The van der Waals surface area contributed by atoms with E-state index in [0.717, 1.165) is 5.56 Å². The Balaban J connectivity index is 1.81. The number of amides is 1. The predicted octanol–water partition coefficient (Wildman–Crippen LogP) is 3.40. The van der Waals surface area contributed by atoms with E-state index in [0.29, 0.717) is 23.6 Å². The van der Waals surface area contributed by atoms with Gasteiger partial charge in [-0.1, -0.05) is 30.3 Å². The van der Waals surface area contributed by atoms with Crippen molar-refractivity contribution in [2.24, 2.45) is 0 Å². The van der Waals surface area contributed by atoms with E-state index in [-0.39, 0.29) is 11.3 Å². The number of ether oxygens (including phenoxy) is 2. The van der Waals surface area contributed by atoms with Gasteiger partial charge in [0.05, 0.1) is 24.2 Å². The molecule has 0 bridgehead atoms. The molecular weight excluding hydrogens is 456 g/mol. The van der Waals surface area contributed by atoms with Crippen molar-refractivity contribution in [1.29, 1.82) is 0 Å². The van der Waals surface area contributed by atoms with Crippen LogP contribution in [0.2, 0.25) is 0 Å². The Hall–Kier alpha value is -3.69. The summed E-state index contributed by atoms with van der Waals surface area (Å²) in [6.07, 6.45) is 0.142. The molecule has 0 aliphatic rings. The van der Waals surface area contributed by atoms with Gasteiger partial charge in [0, 0.05) is 5.69 Å². The van der Waals surface area contributed by atoms with Crippen molar-refractivity contribution in [2.45, 2.75) is 24.3 Å². The van der Waals surface area contributed by atoms with Crippen LogP contribution in [0.1, 0.15) is 22.8 Å². The Bertz CT molecular complexity index is 1210. The molecule has 1 unspecified atom stereocenters. The van der Waals surface area contributed by atoms with Crippen LogP contribution < -0.4 is 14.8 Å². The molecule has 1 amide bonds. The van der Waals surface area contributed by atoms with Crippen LogP contribution in [-0.4, -0.2) is 40.1 Å². The van der Waals surface area contributed by atoms with Crippen LogP contribution in [0.4, 0.5) is 5.69 Å². The number of benzene rings is 3. The standard InChI is InChI=1S/C25H26N2O6S/c1-3-33-21-13-15-22(16-14-21)34(30,31)27-23(17-18-7-5-4-6-8-18)24(28)26-20-11-9-19(10-12-20)25(29)32-2/h4-16,23,27H,3,17H2,1-2H3,(H,26,28). The zero-order valence-electron chi connectivity index (χ0n) is 18.9. The van der Waals surface area contributed by atoms with Gasteiger partial charge in [0.1, 0.15) is 11.8 Å². The van der Waals surface area contributed by atoms with Crippen molar-refractivity contribution in [3.05, 3.63) is 90.0 Å². The first-order valence-corrected chi connectivity index (χ1v) is 12.1. The molecule has 178 valence electrons. The monoisotopic (exact) mass is 482 g/mol. The van der Waals surface area contributed by atoms with E-state index in [1.54, 1.807) is 24.3 Å². The summed E-state index contributed by atoms with van der Waals surface area (Å²) in [6, 6.07) is 20.1. The van der Waals surface area contributed by atoms with Gasteiger partial charge in [-0.25, -0.2) is 13.2 Å². The maximum absolute atomic E-state index is 13.1. The minimum atomic E-state index is -4.00. The zero-order chi connectivity index (χ0) is 24.6. The molecule has 9 heteroatoms. The minimum Gasteiger partial charge on any atom is -0.494 e. The average molecular weight is 483 g/mol. The second-order valence-electron chi connectivity index (χ2n) is 7.33. The lowest BCUT2D eigenvalue weighted by Gasteiger charge is -2.19. The number of nitrogens with one attached hydrogen (secondary N) is 2. The first kappa shape index (κ1) is 24.9. The number of anilines is 1. The van der Waals surface area contributed by atoms with Gasteiger partial charge >= 0.3 is 5.97 Å². The highest BCUT2D eigenvalue weighted by atomic mass is 32.2. The summed E-state index contributed by atoms with van der Waals surface area (Å²) in [5.74, 6) is -0.484. The average Bonchev–Trinajstić information content (AvgIpc) is 2.84.